The van der Waals surface area contributed by atoms with Crippen LogP contribution in [0.4, 0.5) is 0 Å². The Morgan fingerprint density at radius 3 is 2.65 bits per heavy atom. The zero-order valence-electron chi connectivity index (χ0n) is 11.9. The Morgan fingerprint density at radius 2 is 2.15 bits per heavy atom. The summed E-state index contributed by atoms with van der Waals surface area (Å²) in [5.41, 5.74) is 4.74. The van der Waals surface area contributed by atoms with Crippen molar-refractivity contribution in [1.82, 2.24) is 20.1 Å². The third kappa shape index (κ3) is 2.56. The van der Waals surface area contributed by atoms with E-state index in [1.165, 1.54) is 25.7 Å². The fourth-order valence-corrected chi connectivity index (χ4v) is 3.34. The van der Waals surface area contributed by atoms with Gasteiger partial charge in [-0.15, -0.1) is 10.2 Å². The number of nitrogens with zero attached hydrogens (tertiary/aromatic N) is 3. The molecule has 1 amide bonds. The smallest absolute Gasteiger partial charge is 0.238 e. The summed E-state index contributed by atoms with van der Waals surface area (Å²) in [5.74, 6) is 1.96. The number of nitrogens with two attached hydrogens (primary N) is 1. The topological polar surface area (TPSA) is 85.8 Å². The summed E-state index contributed by atoms with van der Waals surface area (Å²) in [5, 5.41) is 12.6. The molecule has 1 aromatic heterocycles. The molecule has 0 aromatic carbocycles. The predicted octanol–water partition coefficient (Wildman–Crippen LogP) is 1.05. The first kappa shape index (κ1) is 13.9. The normalized spacial score (nSPS) is 21.7. The maximum atomic E-state index is 11.5. The number of nitrogens with one attached hydrogen (secondary N) is 1. The van der Waals surface area contributed by atoms with Crippen LogP contribution < -0.4 is 11.1 Å². The van der Waals surface area contributed by atoms with Crippen LogP contribution in [0.25, 0.3) is 0 Å². The van der Waals surface area contributed by atoms with Crippen molar-refractivity contribution in [3.63, 3.8) is 0 Å². The molecule has 7 heteroatoms. The maximum Gasteiger partial charge on any atom is 0.238 e. The molecule has 0 saturated heterocycles. The van der Waals surface area contributed by atoms with Crippen molar-refractivity contribution in [3.05, 3.63) is 5.82 Å². The third-order valence-corrected chi connectivity index (χ3v) is 5.39. The highest BCUT2D eigenvalue weighted by Crippen LogP contribution is 2.46. The minimum atomic E-state index is -0.718. The molecule has 3 rings (SSSR count). The summed E-state index contributed by atoms with van der Waals surface area (Å²) in [4.78, 5) is 11.5. The number of aromatic nitrogens is 3. The Labute approximate surface area is 122 Å². The number of carbonyl (C=O) groups is 1. The van der Waals surface area contributed by atoms with Crippen LogP contribution in [0.1, 0.15) is 50.4 Å². The van der Waals surface area contributed by atoms with E-state index in [-0.39, 0.29) is 5.91 Å². The lowest BCUT2D eigenvalue weighted by molar-refractivity contribution is -0.122. The van der Waals surface area contributed by atoms with Crippen molar-refractivity contribution in [2.75, 3.05) is 12.8 Å². The highest BCUT2D eigenvalue weighted by molar-refractivity contribution is 7.99. The van der Waals surface area contributed by atoms with Crippen LogP contribution in [0.5, 0.6) is 0 Å². The quantitative estimate of drug-likeness (QED) is 0.734. The van der Waals surface area contributed by atoms with Gasteiger partial charge in [0.25, 0.3) is 0 Å². The SMILES string of the molecule is CNC(C)(CSc1nnc(C2CC2)n1C1CC1)C(N)=O. The van der Waals surface area contributed by atoms with E-state index in [2.05, 4.69) is 20.1 Å². The molecule has 1 atom stereocenters. The average molecular weight is 295 g/mol. The van der Waals surface area contributed by atoms with Gasteiger partial charge in [0.05, 0.1) is 0 Å². The molecule has 20 heavy (non-hydrogen) atoms. The molecule has 1 heterocycles. The molecule has 2 fully saturated rings. The second-order valence-electron chi connectivity index (χ2n) is 5.95. The lowest BCUT2D eigenvalue weighted by Gasteiger charge is -2.24. The van der Waals surface area contributed by atoms with E-state index in [4.69, 9.17) is 5.73 Å². The first-order valence-corrected chi connectivity index (χ1v) is 8.10. The average Bonchev–Trinajstić information content (AvgIpc) is 3.34. The van der Waals surface area contributed by atoms with E-state index in [1.54, 1.807) is 18.8 Å². The maximum absolute atomic E-state index is 11.5. The van der Waals surface area contributed by atoms with Crippen LogP contribution in [0.2, 0.25) is 0 Å². The first-order chi connectivity index (χ1) is 9.55. The van der Waals surface area contributed by atoms with Crippen molar-refractivity contribution >= 4 is 17.7 Å². The van der Waals surface area contributed by atoms with Crippen molar-refractivity contribution in [2.45, 2.75) is 55.3 Å². The van der Waals surface area contributed by atoms with E-state index < -0.39 is 5.54 Å². The lowest BCUT2D eigenvalue weighted by Crippen LogP contribution is -2.53. The van der Waals surface area contributed by atoms with Crippen molar-refractivity contribution in [1.29, 1.82) is 0 Å². The molecule has 0 spiro atoms. The molecule has 0 bridgehead atoms. The fraction of sp³-hybridized carbons (Fsp3) is 0.769. The fourth-order valence-electron chi connectivity index (χ4n) is 2.16. The van der Waals surface area contributed by atoms with Gasteiger partial charge in [0.1, 0.15) is 11.4 Å². The Morgan fingerprint density at radius 1 is 1.45 bits per heavy atom. The highest BCUT2D eigenvalue weighted by Gasteiger charge is 2.37. The summed E-state index contributed by atoms with van der Waals surface area (Å²) in [6, 6.07) is 0.567. The molecular formula is C13H21N5OS. The summed E-state index contributed by atoms with van der Waals surface area (Å²) >= 11 is 1.57. The van der Waals surface area contributed by atoms with Gasteiger partial charge in [-0.2, -0.15) is 0 Å². The minimum Gasteiger partial charge on any atom is -0.368 e. The number of likely N-dealkylation sites (N-methyl/N-ethyl adjacent to an activating group) is 1. The Bertz CT molecular complexity index is 523. The number of hydrogen-bond donors (Lipinski definition) is 2. The zero-order valence-corrected chi connectivity index (χ0v) is 12.7. The largest absolute Gasteiger partial charge is 0.368 e. The highest BCUT2D eigenvalue weighted by atomic mass is 32.2. The van der Waals surface area contributed by atoms with Crippen LogP contribution >= 0.6 is 11.8 Å². The first-order valence-electron chi connectivity index (χ1n) is 7.11. The molecular weight excluding hydrogens is 274 g/mol. The van der Waals surface area contributed by atoms with Crippen LogP contribution in [0.15, 0.2) is 5.16 Å². The number of thioether (sulfide) groups is 1. The van der Waals surface area contributed by atoms with Crippen molar-refractivity contribution < 1.29 is 4.79 Å². The molecule has 110 valence electrons. The second-order valence-corrected chi connectivity index (χ2v) is 6.89. The number of hydrogen-bond acceptors (Lipinski definition) is 5. The molecule has 0 aliphatic heterocycles. The number of rotatable bonds is 7. The standard InChI is InChI=1S/C13H21N5OS/c1-13(15-2,11(14)19)7-20-12-17-16-10(8-3-4-8)18(12)9-5-6-9/h8-9,15H,3-7H2,1-2H3,(H2,14,19). The van der Waals surface area contributed by atoms with E-state index in [0.29, 0.717) is 17.7 Å². The van der Waals surface area contributed by atoms with Gasteiger partial charge in [0, 0.05) is 17.7 Å². The number of amides is 1. The van der Waals surface area contributed by atoms with Gasteiger partial charge < -0.3 is 15.6 Å². The van der Waals surface area contributed by atoms with Crippen LogP contribution in [0, 0.1) is 0 Å². The van der Waals surface area contributed by atoms with Gasteiger partial charge in [0.2, 0.25) is 5.91 Å². The van der Waals surface area contributed by atoms with E-state index >= 15 is 0 Å². The van der Waals surface area contributed by atoms with E-state index in [1.807, 2.05) is 6.92 Å². The van der Waals surface area contributed by atoms with Gasteiger partial charge in [-0.25, -0.2) is 0 Å². The van der Waals surface area contributed by atoms with E-state index in [9.17, 15) is 4.79 Å². The Kier molecular flexibility index (Phi) is 3.50. The molecule has 3 N–H and O–H groups in total. The zero-order chi connectivity index (χ0) is 14.3. The van der Waals surface area contributed by atoms with Gasteiger partial charge in [-0.1, -0.05) is 11.8 Å². The van der Waals surface area contributed by atoms with Crippen molar-refractivity contribution in [2.24, 2.45) is 5.73 Å². The van der Waals surface area contributed by atoms with Crippen LogP contribution in [0.3, 0.4) is 0 Å². The van der Waals surface area contributed by atoms with Crippen LogP contribution in [-0.4, -0.2) is 39.0 Å². The van der Waals surface area contributed by atoms with Gasteiger partial charge in [-0.3, -0.25) is 4.79 Å². The molecule has 2 saturated carbocycles. The summed E-state index contributed by atoms with van der Waals surface area (Å²) in [6.07, 6.45) is 4.88. The number of carbonyl (C=O) groups excluding carboxylic acids is 1. The summed E-state index contributed by atoms with van der Waals surface area (Å²) < 4.78 is 2.29. The third-order valence-electron chi connectivity index (χ3n) is 4.13. The van der Waals surface area contributed by atoms with E-state index in [0.717, 1.165) is 11.0 Å². The number of primary amides is 1. The molecule has 1 unspecified atom stereocenters. The van der Waals surface area contributed by atoms with Gasteiger partial charge >= 0.3 is 0 Å². The molecule has 6 nitrogen and oxygen atoms in total. The minimum absolute atomic E-state index is 0.340. The predicted molar refractivity (Wildman–Crippen MR) is 77.7 cm³/mol. The summed E-state index contributed by atoms with van der Waals surface area (Å²) in [6.45, 7) is 1.82. The molecule has 2 aliphatic rings. The van der Waals surface area contributed by atoms with Gasteiger partial charge in [-0.05, 0) is 39.7 Å². The van der Waals surface area contributed by atoms with Crippen molar-refractivity contribution in [3.8, 4) is 0 Å². The molecule has 1 aromatic rings. The van der Waals surface area contributed by atoms with Gasteiger partial charge in [0.15, 0.2) is 5.16 Å². The van der Waals surface area contributed by atoms with Crippen LogP contribution in [-0.2, 0) is 4.79 Å². The monoisotopic (exact) mass is 295 g/mol. The second kappa shape index (κ2) is 5.04. The summed E-state index contributed by atoms with van der Waals surface area (Å²) in [7, 11) is 1.76. The Balaban J connectivity index is 1.76. The molecule has 0 radical (unpaired) electrons. The Hall–Kier alpha value is -1.08. The lowest BCUT2D eigenvalue weighted by atomic mass is 10.1. The molecule has 2 aliphatic carbocycles.